The Morgan fingerprint density at radius 3 is 1.42 bits per heavy atom. The van der Waals surface area contributed by atoms with E-state index in [9.17, 15) is 0 Å². The van der Waals surface area contributed by atoms with Crippen molar-refractivity contribution in [1.29, 1.82) is 0 Å². The summed E-state index contributed by atoms with van der Waals surface area (Å²) in [5, 5.41) is 0. The summed E-state index contributed by atoms with van der Waals surface area (Å²) in [4.78, 5) is 7.78. The molecule has 0 amide bonds. The molecule has 0 unspecified atom stereocenters. The van der Waals surface area contributed by atoms with E-state index < -0.39 is 16.5 Å². The molecule has 0 bridgehead atoms. The van der Waals surface area contributed by atoms with Crippen molar-refractivity contribution >= 4 is 63.0 Å². The van der Waals surface area contributed by atoms with Gasteiger partial charge in [0.2, 0.25) is 6.71 Å². The summed E-state index contributed by atoms with van der Waals surface area (Å²) in [5.41, 5.74) is 20.7. The first-order valence-electron chi connectivity index (χ1n) is 25.0. The van der Waals surface area contributed by atoms with Crippen LogP contribution >= 0.6 is 0 Å². The standard InChI is InChI=1S/C67H50BN3/c1-65(2)57-46-54(69(51-34-18-7-19-35-51)52-36-20-8-21-37-52)44-45-55(57)61-64(65)68-58-41-25-43-60-63(58)71(59-42-24-40-56(62(59)68)66(61,47-26-10-3-11-27-47)48-28-12-4-13-29-48)67(49-30-14-5-15-31-49,50-32-16-6-17-33-50)70(60)53-38-22-9-23-39-53/h3-46H,1-2H3. The summed E-state index contributed by atoms with van der Waals surface area (Å²) < 4.78 is 0. The lowest BCUT2D eigenvalue weighted by Crippen LogP contribution is -2.63. The monoisotopic (exact) mass is 907 g/mol. The number of benzene rings is 10. The third kappa shape index (κ3) is 5.62. The second-order valence-electron chi connectivity index (χ2n) is 19.9. The molecule has 0 N–H and O–H groups in total. The summed E-state index contributed by atoms with van der Waals surface area (Å²) in [7, 11) is 0. The lowest BCUT2D eigenvalue weighted by Gasteiger charge is -2.52. The zero-order valence-corrected chi connectivity index (χ0v) is 39.8. The molecule has 3 heterocycles. The second kappa shape index (κ2) is 15.7. The Balaban J connectivity index is 1.12. The number of hydrogen-bond acceptors (Lipinski definition) is 3. The van der Waals surface area contributed by atoms with Crippen molar-refractivity contribution in [3.63, 3.8) is 0 Å². The number of rotatable bonds is 8. The molecular formula is C67H50BN3. The quantitative estimate of drug-likeness (QED) is 0.141. The molecular weight excluding hydrogens is 858 g/mol. The molecule has 1 aliphatic carbocycles. The van der Waals surface area contributed by atoms with Crippen molar-refractivity contribution < 1.29 is 0 Å². The zero-order chi connectivity index (χ0) is 47.3. The third-order valence-corrected chi connectivity index (χ3v) is 16.1. The van der Waals surface area contributed by atoms with E-state index in [2.05, 4.69) is 295 Å². The molecule has 10 aromatic carbocycles. The van der Waals surface area contributed by atoms with Crippen molar-refractivity contribution in [3.8, 4) is 0 Å². The van der Waals surface area contributed by atoms with E-state index in [0.29, 0.717) is 0 Å². The molecule has 3 aliphatic heterocycles. The molecule has 0 atom stereocenters. The summed E-state index contributed by atoms with van der Waals surface area (Å²) in [6, 6.07) is 99.6. The van der Waals surface area contributed by atoms with Crippen LogP contribution in [-0.4, -0.2) is 6.71 Å². The largest absolute Gasteiger partial charge is 0.310 e. The van der Waals surface area contributed by atoms with Gasteiger partial charge in [0.25, 0.3) is 0 Å². The minimum absolute atomic E-state index is 0.0619. The number of para-hydroxylation sites is 4. The van der Waals surface area contributed by atoms with Gasteiger partial charge in [-0.25, -0.2) is 0 Å². The van der Waals surface area contributed by atoms with Gasteiger partial charge in [0.15, 0.2) is 5.66 Å². The number of nitrogens with zero attached hydrogens (tertiary/aromatic N) is 3. The van der Waals surface area contributed by atoms with Crippen LogP contribution < -0.4 is 25.6 Å². The van der Waals surface area contributed by atoms with E-state index in [4.69, 9.17) is 0 Å². The zero-order valence-electron chi connectivity index (χ0n) is 39.8. The van der Waals surface area contributed by atoms with Crippen LogP contribution in [0.5, 0.6) is 0 Å². The average Bonchev–Trinajstić information content (AvgIpc) is 3.89. The molecule has 0 radical (unpaired) electrons. The lowest BCUT2D eigenvalue weighted by molar-refractivity contribution is 0.560. The summed E-state index contributed by atoms with van der Waals surface area (Å²) in [6.07, 6.45) is 0. The first kappa shape index (κ1) is 41.4. The Kier molecular flexibility index (Phi) is 9.16. The second-order valence-corrected chi connectivity index (χ2v) is 19.9. The van der Waals surface area contributed by atoms with Gasteiger partial charge in [-0.05, 0) is 105 Å². The fourth-order valence-electron chi connectivity index (χ4n) is 13.5. The van der Waals surface area contributed by atoms with Crippen LogP contribution in [0.2, 0.25) is 0 Å². The maximum atomic E-state index is 2.74. The minimum Gasteiger partial charge on any atom is -0.310 e. The number of fused-ring (bicyclic) bond motifs is 5. The van der Waals surface area contributed by atoms with E-state index in [1.165, 1.54) is 78.0 Å². The van der Waals surface area contributed by atoms with Gasteiger partial charge in [0.1, 0.15) is 0 Å². The van der Waals surface area contributed by atoms with Gasteiger partial charge in [-0.15, -0.1) is 0 Å². The topological polar surface area (TPSA) is 9.72 Å². The molecule has 71 heavy (non-hydrogen) atoms. The maximum Gasteiger partial charge on any atom is 0.244 e. The van der Waals surface area contributed by atoms with E-state index in [-0.39, 0.29) is 6.71 Å². The van der Waals surface area contributed by atoms with Crippen LogP contribution in [0, 0.1) is 0 Å². The number of hydrogen-bond donors (Lipinski definition) is 0. The third-order valence-electron chi connectivity index (χ3n) is 16.1. The normalized spacial score (nSPS) is 15.9. The average molecular weight is 908 g/mol. The van der Waals surface area contributed by atoms with Crippen molar-refractivity contribution in [1.82, 2.24) is 0 Å². The summed E-state index contributed by atoms with van der Waals surface area (Å²) >= 11 is 0. The molecule has 0 fully saturated rings. The van der Waals surface area contributed by atoms with Crippen LogP contribution in [0.15, 0.2) is 272 Å². The maximum absolute atomic E-state index is 2.74. The fourth-order valence-corrected chi connectivity index (χ4v) is 13.5. The molecule has 0 aromatic heterocycles. The van der Waals surface area contributed by atoms with E-state index in [1.54, 1.807) is 0 Å². The van der Waals surface area contributed by atoms with E-state index >= 15 is 0 Å². The molecule has 10 aromatic rings. The molecule has 0 saturated carbocycles. The van der Waals surface area contributed by atoms with Crippen LogP contribution in [0.3, 0.4) is 0 Å². The van der Waals surface area contributed by atoms with Crippen molar-refractivity contribution in [2.45, 2.75) is 30.3 Å². The molecule has 0 spiro atoms. The van der Waals surface area contributed by atoms with Gasteiger partial charge >= 0.3 is 0 Å². The first-order chi connectivity index (χ1) is 35.0. The summed E-state index contributed by atoms with van der Waals surface area (Å²) in [6.45, 7) is 4.95. The molecule has 3 nitrogen and oxygen atoms in total. The SMILES string of the molecule is CC1(C)C2=C(c3ccc(N(c4ccccc4)c4ccccc4)cc31)C(c1ccccc1)(c1ccccc1)c1cccc3c1B2c1cccc2c1N3C(c1ccccc1)(c1ccccc1)N2c1ccccc1. The van der Waals surface area contributed by atoms with Crippen LogP contribution in [0.4, 0.5) is 39.8 Å². The summed E-state index contributed by atoms with van der Waals surface area (Å²) in [5.74, 6) is 0. The van der Waals surface area contributed by atoms with Gasteiger partial charge < -0.3 is 14.7 Å². The van der Waals surface area contributed by atoms with Crippen molar-refractivity contribution in [2.75, 3.05) is 14.7 Å². The Morgan fingerprint density at radius 1 is 0.394 bits per heavy atom. The lowest BCUT2D eigenvalue weighted by atomic mass is 9.27. The van der Waals surface area contributed by atoms with E-state index in [0.717, 1.165) is 22.7 Å². The predicted molar refractivity (Wildman–Crippen MR) is 296 cm³/mol. The van der Waals surface area contributed by atoms with Crippen LogP contribution in [0.1, 0.15) is 52.8 Å². The predicted octanol–water partition coefficient (Wildman–Crippen LogP) is 14.9. The van der Waals surface area contributed by atoms with Gasteiger partial charge in [-0.1, -0.05) is 226 Å². The van der Waals surface area contributed by atoms with Crippen molar-refractivity contribution in [2.24, 2.45) is 0 Å². The highest BCUT2D eigenvalue weighted by molar-refractivity contribution is 6.95. The highest BCUT2D eigenvalue weighted by Crippen LogP contribution is 2.66. The highest BCUT2D eigenvalue weighted by atomic mass is 15.5. The molecule has 14 rings (SSSR count). The van der Waals surface area contributed by atoms with Crippen LogP contribution in [-0.2, 0) is 16.5 Å². The van der Waals surface area contributed by atoms with Gasteiger partial charge in [0.05, 0.1) is 16.8 Å². The van der Waals surface area contributed by atoms with Gasteiger partial charge in [-0.3, -0.25) is 0 Å². The Hall–Kier alpha value is -8.60. The fraction of sp³-hybridized carbons (Fsp3) is 0.0746. The molecule has 4 aliphatic rings. The van der Waals surface area contributed by atoms with Crippen LogP contribution in [0.25, 0.3) is 5.57 Å². The molecule has 4 heteroatoms. The first-order valence-corrected chi connectivity index (χ1v) is 25.0. The Labute approximate surface area is 417 Å². The minimum atomic E-state index is -0.805. The van der Waals surface area contributed by atoms with Gasteiger partial charge in [-0.2, -0.15) is 0 Å². The van der Waals surface area contributed by atoms with E-state index in [1.807, 2.05) is 0 Å². The number of allylic oxidation sites excluding steroid dienone is 2. The van der Waals surface area contributed by atoms with Gasteiger partial charge in [0, 0.05) is 45.0 Å². The van der Waals surface area contributed by atoms with Crippen molar-refractivity contribution in [3.05, 3.63) is 311 Å². The smallest absolute Gasteiger partial charge is 0.244 e. The Bertz CT molecular complexity index is 3550. The number of anilines is 7. The molecule has 336 valence electrons. The Morgan fingerprint density at radius 2 is 0.873 bits per heavy atom. The molecule has 0 saturated heterocycles. The highest BCUT2D eigenvalue weighted by Gasteiger charge is 2.63.